The maximum absolute atomic E-state index is 12.2. The molecule has 4 nitrogen and oxygen atoms in total. The largest absolute Gasteiger partial charge is 0.368 e. The molecule has 0 saturated carbocycles. The Morgan fingerprint density at radius 3 is 2.67 bits per heavy atom. The lowest BCUT2D eigenvalue weighted by Crippen LogP contribution is -2.49. The number of rotatable bonds is 5. The first-order chi connectivity index (χ1) is 10.1. The van der Waals surface area contributed by atoms with Crippen LogP contribution in [-0.2, 0) is 4.79 Å². The average molecular weight is 310 g/mol. The van der Waals surface area contributed by atoms with Crippen LogP contribution in [0.15, 0.2) is 24.3 Å². The second kappa shape index (κ2) is 7.66. The average Bonchev–Trinajstić information content (AvgIpc) is 2.47. The maximum atomic E-state index is 12.2. The standard InChI is InChI=1S/C16H24ClN3O/c1-2-4-14(18)12-16(21)20-9-7-19(8-10-20)15-6-3-5-13(17)11-15/h3,5-6,11,14H,2,4,7-10,12,18H2,1H3. The lowest BCUT2D eigenvalue weighted by atomic mass is 10.1. The van der Waals surface area contributed by atoms with Crippen molar-refractivity contribution >= 4 is 23.2 Å². The van der Waals surface area contributed by atoms with Gasteiger partial charge in [0.15, 0.2) is 0 Å². The Hall–Kier alpha value is -1.26. The highest BCUT2D eigenvalue weighted by molar-refractivity contribution is 6.30. The summed E-state index contributed by atoms with van der Waals surface area (Å²) in [6, 6.07) is 7.85. The molecule has 1 aromatic rings. The van der Waals surface area contributed by atoms with Gasteiger partial charge in [-0.05, 0) is 24.6 Å². The molecule has 0 spiro atoms. The molecule has 116 valence electrons. The second-order valence-electron chi connectivity index (χ2n) is 5.60. The van der Waals surface area contributed by atoms with E-state index in [1.165, 1.54) is 0 Å². The third kappa shape index (κ3) is 4.61. The Labute approximate surface area is 131 Å². The molecule has 1 amide bonds. The third-order valence-corrected chi connectivity index (χ3v) is 4.14. The number of halogens is 1. The van der Waals surface area contributed by atoms with Gasteiger partial charge < -0.3 is 15.5 Å². The van der Waals surface area contributed by atoms with Crippen molar-refractivity contribution in [2.75, 3.05) is 31.1 Å². The van der Waals surface area contributed by atoms with Crippen LogP contribution in [0, 0.1) is 0 Å². The molecule has 0 aliphatic carbocycles. The Bertz CT molecular complexity index is 472. The predicted octanol–water partition coefficient (Wildman–Crippen LogP) is 2.51. The van der Waals surface area contributed by atoms with Crippen LogP contribution in [0.3, 0.4) is 0 Å². The molecule has 1 unspecified atom stereocenters. The topological polar surface area (TPSA) is 49.6 Å². The van der Waals surface area contributed by atoms with Gasteiger partial charge >= 0.3 is 0 Å². The van der Waals surface area contributed by atoms with Crippen LogP contribution in [0.25, 0.3) is 0 Å². The van der Waals surface area contributed by atoms with Gasteiger partial charge in [0.05, 0.1) is 0 Å². The molecular weight excluding hydrogens is 286 g/mol. The molecule has 1 atom stereocenters. The molecule has 0 radical (unpaired) electrons. The lowest BCUT2D eigenvalue weighted by molar-refractivity contribution is -0.131. The van der Waals surface area contributed by atoms with E-state index < -0.39 is 0 Å². The molecule has 2 rings (SSSR count). The number of benzene rings is 1. The van der Waals surface area contributed by atoms with E-state index in [2.05, 4.69) is 17.9 Å². The highest BCUT2D eigenvalue weighted by Crippen LogP contribution is 2.21. The van der Waals surface area contributed by atoms with E-state index in [-0.39, 0.29) is 11.9 Å². The molecule has 1 heterocycles. The van der Waals surface area contributed by atoms with Gasteiger partial charge in [-0.2, -0.15) is 0 Å². The third-order valence-electron chi connectivity index (χ3n) is 3.90. The number of carbonyl (C=O) groups excluding carboxylic acids is 1. The number of anilines is 1. The van der Waals surface area contributed by atoms with Crippen LogP contribution < -0.4 is 10.6 Å². The summed E-state index contributed by atoms with van der Waals surface area (Å²) in [5.74, 6) is 0.182. The number of amides is 1. The highest BCUT2D eigenvalue weighted by atomic mass is 35.5. The van der Waals surface area contributed by atoms with Crippen LogP contribution in [0.4, 0.5) is 5.69 Å². The zero-order chi connectivity index (χ0) is 15.2. The van der Waals surface area contributed by atoms with E-state index in [0.717, 1.165) is 49.7 Å². The van der Waals surface area contributed by atoms with E-state index in [4.69, 9.17) is 17.3 Å². The molecule has 5 heteroatoms. The first kappa shape index (κ1) is 16.1. The van der Waals surface area contributed by atoms with Gasteiger partial charge in [0, 0.05) is 49.4 Å². The van der Waals surface area contributed by atoms with Crippen molar-refractivity contribution < 1.29 is 4.79 Å². The minimum Gasteiger partial charge on any atom is -0.368 e. The zero-order valence-corrected chi connectivity index (χ0v) is 13.4. The van der Waals surface area contributed by atoms with Crippen molar-refractivity contribution in [3.8, 4) is 0 Å². The number of carbonyl (C=O) groups is 1. The van der Waals surface area contributed by atoms with Crippen LogP contribution in [0.5, 0.6) is 0 Å². The molecule has 2 N–H and O–H groups in total. The lowest BCUT2D eigenvalue weighted by Gasteiger charge is -2.36. The monoisotopic (exact) mass is 309 g/mol. The highest BCUT2D eigenvalue weighted by Gasteiger charge is 2.22. The number of hydrogen-bond donors (Lipinski definition) is 1. The molecule has 1 aromatic carbocycles. The van der Waals surface area contributed by atoms with Crippen molar-refractivity contribution in [3.05, 3.63) is 29.3 Å². The van der Waals surface area contributed by atoms with Crippen LogP contribution in [0.2, 0.25) is 5.02 Å². The summed E-state index contributed by atoms with van der Waals surface area (Å²) in [5.41, 5.74) is 7.08. The zero-order valence-electron chi connectivity index (χ0n) is 12.6. The van der Waals surface area contributed by atoms with E-state index in [1.807, 2.05) is 23.1 Å². The fraction of sp³-hybridized carbons (Fsp3) is 0.562. The summed E-state index contributed by atoms with van der Waals surface area (Å²) < 4.78 is 0. The van der Waals surface area contributed by atoms with Gasteiger partial charge in [0.2, 0.25) is 5.91 Å². The number of nitrogens with zero attached hydrogens (tertiary/aromatic N) is 2. The minimum absolute atomic E-state index is 0.00606. The second-order valence-corrected chi connectivity index (χ2v) is 6.04. The van der Waals surface area contributed by atoms with Crippen molar-refractivity contribution in [1.82, 2.24) is 4.90 Å². The van der Waals surface area contributed by atoms with Gasteiger partial charge in [-0.25, -0.2) is 0 Å². The van der Waals surface area contributed by atoms with E-state index >= 15 is 0 Å². The molecular formula is C16H24ClN3O. The first-order valence-corrected chi connectivity index (χ1v) is 8.02. The fourth-order valence-electron chi connectivity index (χ4n) is 2.71. The number of piperazine rings is 1. The molecule has 1 fully saturated rings. The maximum Gasteiger partial charge on any atom is 0.224 e. The quantitative estimate of drug-likeness (QED) is 0.909. The molecule has 0 bridgehead atoms. The van der Waals surface area contributed by atoms with Crippen LogP contribution >= 0.6 is 11.6 Å². The van der Waals surface area contributed by atoms with Crippen LogP contribution in [0.1, 0.15) is 26.2 Å². The molecule has 1 aliphatic rings. The number of nitrogens with two attached hydrogens (primary N) is 1. The summed E-state index contributed by atoms with van der Waals surface area (Å²) in [5, 5.41) is 0.747. The summed E-state index contributed by atoms with van der Waals surface area (Å²) in [7, 11) is 0. The summed E-state index contributed by atoms with van der Waals surface area (Å²) in [6.07, 6.45) is 2.40. The Morgan fingerprint density at radius 1 is 1.33 bits per heavy atom. The summed E-state index contributed by atoms with van der Waals surface area (Å²) >= 11 is 6.03. The van der Waals surface area contributed by atoms with Crippen molar-refractivity contribution in [2.45, 2.75) is 32.2 Å². The van der Waals surface area contributed by atoms with Crippen molar-refractivity contribution in [2.24, 2.45) is 5.73 Å². The van der Waals surface area contributed by atoms with Gasteiger partial charge in [-0.1, -0.05) is 31.0 Å². The molecule has 1 saturated heterocycles. The Morgan fingerprint density at radius 2 is 2.05 bits per heavy atom. The SMILES string of the molecule is CCCC(N)CC(=O)N1CCN(c2cccc(Cl)c2)CC1. The smallest absolute Gasteiger partial charge is 0.224 e. The van der Waals surface area contributed by atoms with Crippen LogP contribution in [-0.4, -0.2) is 43.0 Å². The normalized spacial score (nSPS) is 16.9. The molecule has 21 heavy (non-hydrogen) atoms. The van der Waals surface area contributed by atoms with Gasteiger partial charge in [0.1, 0.15) is 0 Å². The van der Waals surface area contributed by atoms with Gasteiger partial charge in [0.25, 0.3) is 0 Å². The predicted molar refractivity (Wildman–Crippen MR) is 87.7 cm³/mol. The molecule has 1 aliphatic heterocycles. The van der Waals surface area contributed by atoms with Gasteiger partial charge in [-0.3, -0.25) is 4.79 Å². The minimum atomic E-state index is -0.00606. The van der Waals surface area contributed by atoms with E-state index in [1.54, 1.807) is 0 Å². The Kier molecular flexibility index (Phi) is 5.88. The molecule has 0 aromatic heterocycles. The summed E-state index contributed by atoms with van der Waals surface area (Å²) in [4.78, 5) is 16.4. The summed E-state index contributed by atoms with van der Waals surface area (Å²) in [6.45, 7) is 5.28. The van der Waals surface area contributed by atoms with E-state index in [0.29, 0.717) is 6.42 Å². The fourth-order valence-corrected chi connectivity index (χ4v) is 2.90. The first-order valence-electron chi connectivity index (χ1n) is 7.64. The Balaban J connectivity index is 1.84. The van der Waals surface area contributed by atoms with E-state index in [9.17, 15) is 4.79 Å². The van der Waals surface area contributed by atoms with Gasteiger partial charge in [-0.15, -0.1) is 0 Å². The van der Waals surface area contributed by atoms with Crippen molar-refractivity contribution in [1.29, 1.82) is 0 Å². The number of hydrogen-bond acceptors (Lipinski definition) is 3. The van der Waals surface area contributed by atoms with Crippen molar-refractivity contribution in [3.63, 3.8) is 0 Å².